The molecule has 0 aromatic rings. The van der Waals surface area contributed by atoms with Crippen LogP contribution in [0.1, 0.15) is 27.7 Å². The van der Waals surface area contributed by atoms with E-state index in [4.69, 9.17) is 9.84 Å². The standard InChI is InChI=1S/C17H31N3O4/c1-16(2)13(17(16,3)4)8-18-15(23)20-6-7-24-12(10-20)9-19(5)11-14(21)22/h12-13H,6-11H2,1-5H3,(H,18,23)(H,21,22). The van der Waals surface area contributed by atoms with Crippen molar-refractivity contribution in [3.05, 3.63) is 0 Å². The number of hydrogen-bond acceptors (Lipinski definition) is 4. The molecule has 1 unspecified atom stereocenters. The highest BCUT2D eigenvalue weighted by Gasteiger charge is 2.64. The molecule has 0 aromatic carbocycles. The van der Waals surface area contributed by atoms with Crippen molar-refractivity contribution in [2.24, 2.45) is 16.7 Å². The average Bonchev–Trinajstić information content (AvgIpc) is 2.85. The van der Waals surface area contributed by atoms with Crippen LogP contribution in [-0.4, -0.2) is 79.4 Å². The molecule has 2 amide bonds. The maximum Gasteiger partial charge on any atom is 0.317 e. The number of ether oxygens (including phenoxy) is 1. The van der Waals surface area contributed by atoms with E-state index in [0.717, 1.165) is 0 Å². The van der Waals surface area contributed by atoms with Gasteiger partial charge in [0.2, 0.25) is 0 Å². The monoisotopic (exact) mass is 341 g/mol. The first-order valence-electron chi connectivity index (χ1n) is 8.60. The van der Waals surface area contributed by atoms with Gasteiger partial charge < -0.3 is 20.1 Å². The number of nitrogens with one attached hydrogen (secondary N) is 1. The molecule has 0 bridgehead atoms. The quantitative estimate of drug-likeness (QED) is 0.756. The van der Waals surface area contributed by atoms with Gasteiger partial charge in [0.15, 0.2) is 0 Å². The topological polar surface area (TPSA) is 82.1 Å². The summed E-state index contributed by atoms with van der Waals surface area (Å²) in [5.74, 6) is -0.370. The molecular formula is C17H31N3O4. The number of aliphatic carboxylic acids is 1. The van der Waals surface area contributed by atoms with Crippen molar-refractivity contribution in [2.45, 2.75) is 33.8 Å². The maximum atomic E-state index is 12.4. The lowest BCUT2D eigenvalue weighted by molar-refractivity contribution is -0.138. The van der Waals surface area contributed by atoms with Crippen molar-refractivity contribution >= 4 is 12.0 Å². The van der Waals surface area contributed by atoms with E-state index >= 15 is 0 Å². The van der Waals surface area contributed by atoms with Gasteiger partial charge in [0.1, 0.15) is 0 Å². The van der Waals surface area contributed by atoms with Crippen molar-refractivity contribution in [3.8, 4) is 0 Å². The Morgan fingerprint density at radius 3 is 2.46 bits per heavy atom. The zero-order valence-electron chi connectivity index (χ0n) is 15.5. The van der Waals surface area contributed by atoms with Gasteiger partial charge in [-0.05, 0) is 23.8 Å². The van der Waals surface area contributed by atoms with Crippen LogP contribution in [0.4, 0.5) is 4.79 Å². The lowest BCUT2D eigenvalue weighted by Crippen LogP contribution is -2.52. The number of likely N-dealkylation sites (N-methyl/N-ethyl adjacent to an activating group) is 1. The number of hydrogen-bond donors (Lipinski definition) is 2. The van der Waals surface area contributed by atoms with Gasteiger partial charge >= 0.3 is 12.0 Å². The van der Waals surface area contributed by atoms with E-state index in [-0.39, 0.29) is 29.5 Å². The Hall–Kier alpha value is -1.34. The van der Waals surface area contributed by atoms with E-state index in [0.29, 0.717) is 38.7 Å². The molecule has 24 heavy (non-hydrogen) atoms. The molecule has 0 radical (unpaired) electrons. The minimum atomic E-state index is -0.863. The van der Waals surface area contributed by atoms with Crippen LogP contribution >= 0.6 is 0 Å². The van der Waals surface area contributed by atoms with E-state index in [1.807, 2.05) is 0 Å². The molecule has 1 aliphatic carbocycles. The summed E-state index contributed by atoms with van der Waals surface area (Å²) in [6.07, 6.45) is -0.150. The Morgan fingerprint density at radius 2 is 1.92 bits per heavy atom. The minimum Gasteiger partial charge on any atom is -0.480 e. The summed E-state index contributed by atoms with van der Waals surface area (Å²) in [6, 6.07) is -0.0531. The van der Waals surface area contributed by atoms with Crippen molar-refractivity contribution in [1.82, 2.24) is 15.1 Å². The number of carbonyl (C=O) groups is 2. The van der Waals surface area contributed by atoms with Crippen LogP contribution in [-0.2, 0) is 9.53 Å². The van der Waals surface area contributed by atoms with Crippen LogP contribution in [0.25, 0.3) is 0 Å². The van der Waals surface area contributed by atoms with Crippen molar-refractivity contribution in [1.29, 1.82) is 0 Å². The first-order chi connectivity index (χ1) is 11.1. The summed E-state index contributed by atoms with van der Waals surface area (Å²) >= 11 is 0. The molecule has 1 aliphatic heterocycles. The second-order valence-electron chi connectivity index (χ2n) is 8.21. The van der Waals surface area contributed by atoms with E-state index in [9.17, 15) is 9.59 Å². The largest absolute Gasteiger partial charge is 0.480 e. The van der Waals surface area contributed by atoms with Crippen LogP contribution in [0.5, 0.6) is 0 Å². The van der Waals surface area contributed by atoms with Gasteiger partial charge in [-0.25, -0.2) is 4.79 Å². The predicted octanol–water partition coefficient (Wildman–Crippen LogP) is 1.10. The molecule has 1 heterocycles. The Balaban J connectivity index is 1.77. The molecule has 7 nitrogen and oxygen atoms in total. The molecule has 2 N–H and O–H groups in total. The summed E-state index contributed by atoms with van der Waals surface area (Å²) in [6.45, 7) is 11.7. The van der Waals surface area contributed by atoms with Gasteiger partial charge in [-0.1, -0.05) is 27.7 Å². The van der Waals surface area contributed by atoms with E-state index in [1.54, 1.807) is 16.8 Å². The van der Waals surface area contributed by atoms with Crippen molar-refractivity contribution < 1.29 is 19.4 Å². The van der Waals surface area contributed by atoms with Crippen molar-refractivity contribution in [3.63, 3.8) is 0 Å². The fourth-order valence-electron chi connectivity index (χ4n) is 3.80. The minimum absolute atomic E-state index is 0.0299. The summed E-state index contributed by atoms with van der Waals surface area (Å²) in [5.41, 5.74) is 0.515. The summed E-state index contributed by atoms with van der Waals surface area (Å²) in [5, 5.41) is 11.9. The van der Waals surface area contributed by atoms with E-state index in [2.05, 4.69) is 33.0 Å². The summed E-state index contributed by atoms with van der Waals surface area (Å²) in [7, 11) is 1.74. The molecule has 2 rings (SSSR count). The van der Waals surface area contributed by atoms with Crippen LogP contribution in [0.2, 0.25) is 0 Å². The first kappa shape index (κ1) is 19.0. The molecule has 1 atom stereocenters. The molecule has 0 aromatic heterocycles. The number of carboxylic acids is 1. The Morgan fingerprint density at radius 1 is 1.29 bits per heavy atom. The van der Waals surface area contributed by atoms with Crippen molar-refractivity contribution in [2.75, 3.05) is 46.4 Å². The smallest absolute Gasteiger partial charge is 0.317 e. The number of carbonyl (C=O) groups excluding carboxylic acids is 1. The first-order valence-corrected chi connectivity index (χ1v) is 8.60. The van der Waals surface area contributed by atoms with Gasteiger partial charge in [0.05, 0.1) is 19.3 Å². The fraction of sp³-hybridized carbons (Fsp3) is 0.882. The lowest BCUT2D eigenvalue weighted by Gasteiger charge is -2.34. The second-order valence-corrected chi connectivity index (χ2v) is 8.21. The van der Waals surface area contributed by atoms with Crippen LogP contribution in [0.15, 0.2) is 0 Å². The molecule has 138 valence electrons. The third-order valence-electron chi connectivity index (χ3n) is 6.12. The number of amides is 2. The van der Waals surface area contributed by atoms with Gasteiger partial charge in [-0.15, -0.1) is 0 Å². The summed E-state index contributed by atoms with van der Waals surface area (Å²) < 4.78 is 5.66. The van der Waals surface area contributed by atoms with Gasteiger partial charge in [-0.2, -0.15) is 0 Å². The molecule has 1 saturated heterocycles. The molecule has 0 spiro atoms. The summed E-state index contributed by atoms with van der Waals surface area (Å²) in [4.78, 5) is 26.6. The van der Waals surface area contributed by atoms with Crippen LogP contribution < -0.4 is 5.32 Å². The third kappa shape index (κ3) is 4.00. The Bertz CT molecular complexity index is 478. The molecular weight excluding hydrogens is 310 g/mol. The predicted molar refractivity (Wildman–Crippen MR) is 90.9 cm³/mol. The molecule has 2 fully saturated rings. The van der Waals surface area contributed by atoms with Gasteiger partial charge in [0.25, 0.3) is 0 Å². The Kier molecular flexibility index (Phi) is 5.44. The van der Waals surface area contributed by atoms with Gasteiger partial charge in [-0.3, -0.25) is 9.69 Å². The highest BCUT2D eigenvalue weighted by Crippen LogP contribution is 2.67. The number of morpholine rings is 1. The molecule has 7 heteroatoms. The zero-order valence-corrected chi connectivity index (χ0v) is 15.5. The second kappa shape index (κ2) is 6.88. The fourth-order valence-corrected chi connectivity index (χ4v) is 3.80. The van der Waals surface area contributed by atoms with Crippen LogP contribution in [0.3, 0.4) is 0 Å². The highest BCUT2D eigenvalue weighted by atomic mass is 16.5. The zero-order chi connectivity index (χ0) is 18.1. The Labute approximate surface area is 144 Å². The maximum absolute atomic E-state index is 12.4. The molecule has 1 saturated carbocycles. The van der Waals surface area contributed by atoms with E-state index < -0.39 is 5.97 Å². The molecule has 2 aliphatic rings. The third-order valence-corrected chi connectivity index (χ3v) is 6.12. The van der Waals surface area contributed by atoms with E-state index in [1.165, 1.54) is 0 Å². The number of rotatable bonds is 6. The number of urea groups is 1. The normalized spacial score (nSPS) is 25.6. The number of carboxylic acid groups (broad SMARTS) is 1. The number of nitrogens with zero attached hydrogens (tertiary/aromatic N) is 2. The van der Waals surface area contributed by atoms with Crippen LogP contribution in [0, 0.1) is 16.7 Å². The highest BCUT2D eigenvalue weighted by molar-refractivity contribution is 5.74. The van der Waals surface area contributed by atoms with Gasteiger partial charge in [0, 0.05) is 26.2 Å². The SMILES string of the molecule is CN(CC(=O)O)CC1CN(C(=O)NCC2C(C)(C)C2(C)C)CCO1. The average molecular weight is 341 g/mol. The lowest BCUT2D eigenvalue weighted by atomic mass is 10.0.